The monoisotopic (exact) mass is 512 g/mol. The molecular formula is C26H29BrN2O4. The first-order valence-electron chi connectivity index (χ1n) is 11.0. The van der Waals surface area contributed by atoms with Crippen LogP contribution in [0, 0.1) is 0 Å². The number of pyridine rings is 1. The van der Waals surface area contributed by atoms with Gasteiger partial charge < -0.3 is 25.0 Å². The predicted molar refractivity (Wildman–Crippen MR) is 131 cm³/mol. The molecule has 1 aliphatic heterocycles. The van der Waals surface area contributed by atoms with Crippen molar-refractivity contribution in [2.45, 2.75) is 30.0 Å². The summed E-state index contributed by atoms with van der Waals surface area (Å²) in [6, 6.07) is 18.3. The first-order chi connectivity index (χ1) is 16.0. The normalized spacial score (nSPS) is 24.8. The topological polar surface area (TPSA) is 83.8 Å². The van der Waals surface area contributed by atoms with Gasteiger partial charge in [-0.25, -0.2) is 0 Å². The van der Waals surface area contributed by atoms with Crippen molar-refractivity contribution in [1.82, 2.24) is 10.3 Å². The maximum Gasteiger partial charge on any atom is 0.174 e. The van der Waals surface area contributed by atoms with Gasteiger partial charge in [0.1, 0.15) is 17.1 Å². The van der Waals surface area contributed by atoms with Crippen LogP contribution >= 0.6 is 15.9 Å². The largest absolute Gasteiger partial charge is 0.495 e. The molecule has 3 aromatic rings. The van der Waals surface area contributed by atoms with Crippen LogP contribution in [0.25, 0.3) is 0 Å². The van der Waals surface area contributed by atoms with Gasteiger partial charge >= 0.3 is 0 Å². The molecule has 33 heavy (non-hydrogen) atoms. The van der Waals surface area contributed by atoms with Crippen LogP contribution in [0.15, 0.2) is 71.5 Å². The Bertz CT molecular complexity index is 1080. The summed E-state index contributed by atoms with van der Waals surface area (Å²) in [5.74, 6) is 1.15. The van der Waals surface area contributed by atoms with Crippen LogP contribution in [0.2, 0.25) is 0 Å². The Hall–Kier alpha value is -2.45. The number of benzene rings is 2. The first kappa shape index (κ1) is 23.7. The number of rotatable bonds is 5. The maximum absolute atomic E-state index is 12.2. The Kier molecular flexibility index (Phi) is 7.05. The summed E-state index contributed by atoms with van der Waals surface area (Å²) in [5, 5.41) is 22.9. The van der Waals surface area contributed by atoms with Gasteiger partial charge in [-0.3, -0.25) is 4.98 Å². The van der Waals surface area contributed by atoms with Crippen LogP contribution in [0.5, 0.6) is 11.5 Å². The second kappa shape index (κ2) is 9.81. The number of ether oxygens (including phenoxy) is 2. The Balaban J connectivity index is 0.000000471. The van der Waals surface area contributed by atoms with Crippen molar-refractivity contribution < 1.29 is 19.7 Å². The number of fused-ring (bicyclic) bond motifs is 3. The molecule has 0 radical (unpaired) electrons. The molecule has 1 saturated carbocycles. The quantitative estimate of drug-likeness (QED) is 0.477. The van der Waals surface area contributed by atoms with E-state index in [4.69, 9.17) is 14.6 Å². The molecule has 0 unspecified atom stereocenters. The van der Waals surface area contributed by atoms with Crippen molar-refractivity contribution in [2.75, 3.05) is 27.3 Å². The van der Waals surface area contributed by atoms with E-state index < -0.39 is 11.2 Å². The standard InChI is InChI=1S/C23H20BrNO3.C3H9NO/c1-27-19-13-25-14-20-21(19)22(26)12-11-18(15-5-3-2-4-6-15)23(22,28-20)16-7-9-17(24)10-8-16;1-4-2-3-5/h2-10,13-14,18,26H,11-12H2,1H3;4-5H,2-3H2,1H3/t18-,22+,23-;/m0./s1. The van der Waals surface area contributed by atoms with Gasteiger partial charge in [0.25, 0.3) is 0 Å². The molecule has 7 heteroatoms. The van der Waals surface area contributed by atoms with E-state index in [9.17, 15) is 5.11 Å². The fourth-order valence-corrected chi connectivity index (χ4v) is 5.39. The lowest BCUT2D eigenvalue weighted by molar-refractivity contribution is -0.106. The Labute approximate surface area is 202 Å². The number of halogens is 1. The van der Waals surface area contributed by atoms with Gasteiger partial charge in [0.05, 0.1) is 31.7 Å². The predicted octanol–water partition coefficient (Wildman–Crippen LogP) is 4.10. The number of nitrogens with zero attached hydrogens (tertiary/aromatic N) is 1. The van der Waals surface area contributed by atoms with Crippen LogP contribution in [0.1, 0.15) is 35.4 Å². The number of likely N-dealkylation sites (N-methyl/N-ethyl adjacent to an activating group) is 1. The molecule has 2 heterocycles. The molecule has 2 aromatic carbocycles. The number of methoxy groups -OCH3 is 1. The number of hydrogen-bond donors (Lipinski definition) is 3. The molecule has 1 fully saturated rings. The van der Waals surface area contributed by atoms with Crippen LogP contribution < -0.4 is 14.8 Å². The van der Waals surface area contributed by atoms with Crippen molar-refractivity contribution in [3.8, 4) is 11.5 Å². The molecule has 3 atom stereocenters. The van der Waals surface area contributed by atoms with Crippen molar-refractivity contribution in [3.63, 3.8) is 0 Å². The fourth-order valence-electron chi connectivity index (χ4n) is 5.13. The lowest BCUT2D eigenvalue weighted by atomic mass is 9.72. The summed E-state index contributed by atoms with van der Waals surface area (Å²) >= 11 is 3.52. The van der Waals surface area contributed by atoms with E-state index in [0.29, 0.717) is 30.0 Å². The Morgan fingerprint density at radius 3 is 2.48 bits per heavy atom. The minimum Gasteiger partial charge on any atom is -0.495 e. The highest BCUT2D eigenvalue weighted by Crippen LogP contribution is 2.67. The molecule has 6 nitrogen and oxygen atoms in total. The van der Waals surface area contributed by atoms with E-state index in [1.807, 2.05) is 42.5 Å². The van der Waals surface area contributed by atoms with Gasteiger partial charge in [0.2, 0.25) is 0 Å². The molecule has 1 aromatic heterocycles. The van der Waals surface area contributed by atoms with E-state index in [1.165, 1.54) is 0 Å². The van der Waals surface area contributed by atoms with Gasteiger partial charge in [0.15, 0.2) is 5.60 Å². The van der Waals surface area contributed by atoms with Gasteiger partial charge in [-0.05, 0) is 43.1 Å². The molecule has 0 amide bonds. The van der Waals surface area contributed by atoms with Crippen LogP contribution in [0.4, 0.5) is 0 Å². The van der Waals surface area contributed by atoms with E-state index in [2.05, 4.69) is 38.4 Å². The molecular weight excluding hydrogens is 484 g/mol. The molecule has 2 aliphatic rings. The summed E-state index contributed by atoms with van der Waals surface area (Å²) in [7, 11) is 3.40. The van der Waals surface area contributed by atoms with E-state index in [-0.39, 0.29) is 12.5 Å². The molecule has 1 aliphatic carbocycles. The Morgan fingerprint density at radius 1 is 1.15 bits per heavy atom. The van der Waals surface area contributed by atoms with Gasteiger partial charge in [0, 0.05) is 16.9 Å². The lowest BCUT2D eigenvalue weighted by Gasteiger charge is -2.40. The second-order valence-electron chi connectivity index (χ2n) is 8.25. The van der Waals surface area contributed by atoms with Crippen LogP contribution in [0.3, 0.4) is 0 Å². The van der Waals surface area contributed by atoms with Crippen molar-refractivity contribution in [2.24, 2.45) is 0 Å². The van der Waals surface area contributed by atoms with Crippen LogP contribution in [-0.2, 0) is 11.2 Å². The number of nitrogens with one attached hydrogen (secondary N) is 1. The molecule has 174 valence electrons. The number of aliphatic hydroxyl groups is 2. The summed E-state index contributed by atoms with van der Waals surface area (Å²) < 4.78 is 13.2. The van der Waals surface area contributed by atoms with Gasteiger partial charge in [-0.15, -0.1) is 0 Å². The summed E-state index contributed by atoms with van der Waals surface area (Å²) in [6.45, 7) is 0.927. The van der Waals surface area contributed by atoms with Gasteiger partial charge in [-0.1, -0.05) is 58.4 Å². The first-order valence-corrected chi connectivity index (χ1v) is 11.8. The average Bonchev–Trinajstić information content (AvgIpc) is 3.28. The van der Waals surface area contributed by atoms with Gasteiger partial charge in [-0.2, -0.15) is 0 Å². The SMILES string of the molecule is CNCCO.COc1cncc2c1[C@]1(O)CC[C@@H](c3ccccc3)[C@]1(c1ccc(Br)cc1)O2. The summed E-state index contributed by atoms with van der Waals surface area (Å²) in [5.41, 5.74) is 0.661. The van der Waals surface area contributed by atoms with E-state index >= 15 is 0 Å². The third-order valence-corrected chi connectivity index (χ3v) is 7.05. The number of aromatic nitrogens is 1. The zero-order chi connectivity index (χ0) is 23.5. The highest BCUT2D eigenvalue weighted by atomic mass is 79.9. The molecule has 0 bridgehead atoms. The highest BCUT2D eigenvalue weighted by molar-refractivity contribution is 9.10. The summed E-state index contributed by atoms with van der Waals surface area (Å²) in [6.07, 6.45) is 4.71. The molecule has 3 N–H and O–H groups in total. The number of hydrogen-bond acceptors (Lipinski definition) is 6. The zero-order valence-corrected chi connectivity index (χ0v) is 20.4. The fraction of sp³-hybridized carbons (Fsp3) is 0.346. The molecule has 0 saturated heterocycles. The zero-order valence-electron chi connectivity index (χ0n) is 18.8. The smallest absolute Gasteiger partial charge is 0.174 e. The second-order valence-corrected chi connectivity index (χ2v) is 9.16. The lowest BCUT2D eigenvalue weighted by Crippen LogP contribution is -2.48. The van der Waals surface area contributed by atoms with Crippen molar-refractivity contribution in [1.29, 1.82) is 0 Å². The third kappa shape index (κ3) is 3.93. The minimum atomic E-state index is -1.20. The Morgan fingerprint density at radius 2 is 1.88 bits per heavy atom. The maximum atomic E-state index is 12.2. The van der Waals surface area contributed by atoms with Crippen molar-refractivity contribution in [3.05, 3.63) is 88.2 Å². The highest BCUT2D eigenvalue weighted by Gasteiger charge is 2.69. The number of aliphatic hydroxyl groups excluding tert-OH is 1. The average molecular weight is 513 g/mol. The summed E-state index contributed by atoms with van der Waals surface area (Å²) in [4.78, 5) is 4.25. The molecule has 5 rings (SSSR count). The minimum absolute atomic E-state index is 0.00279. The van der Waals surface area contributed by atoms with E-state index in [0.717, 1.165) is 22.0 Å². The van der Waals surface area contributed by atoms with E-state index in [1.54, 1.807) is 26.6 Å². The van der Waals surface area contributed by atoms with Crippen molar-refractivity contribution >= 4 is 15.9 Å². The van der Waals surface area contributed by atoms with Crippen LogP contribution in [-0.4, -0.2) is 42.5 Å². The molecule has 0 spiro atoms. The third-order valence-electron chi connectivity index (χ3n) is 6.52.